The fourth-order valence-electron chi connectivity index (χ4n) is 4.01. The maximum atomic E-state index is 12.7. The Bertz CT molecular complexity index is 774. The van der Waals surface area contributed by atoms with Crippen molar-refractivity contribution in [2.75, 3.05) is 0 Å². The Labute approximate surface area is 143 Å². The van der Waals surface area contributed by atoms with Gasteiger partial charge in [-0.1, -0.05) is 31.5 Å². The van der Waals surface area contributed by atoms with E-state index in [1.807, 2.05) is 0 Å². The number of hydrogen-bond donors (Lipinski definition) is 2. The molecule has 2 unspecified atom stereocenters. The van der Waals surface area contributed by atoms with Crippen LogP contribution in [0.2, 0.25) is 5.02 Å². The van der Waals surface area contributed by atoms with Gasteiger partial charge in [0.2, 0.25) is 11.6 Å². The number of carbonyl (C=O) groups excluding carboxylic acids is 4. The molecule has 0 radical (unpaired) electrons. The highest BCUT2D eigenvalue weighted by Crippen LogP contribution is 2.62. The molecule has 6 nitrogen and oxygen atoms in total. The summed E-state index contributed by atoms with van der Waals surface area (Å²) in [6.07, 6.45) is 0.821. The number of carbonyl (C=O) groups is 4. The molecule has 2 atom stereocenters. The molecule has 2 aliphatic rings. The largest absolute Gasteiger partial charge is 0.291 e. The van der Waals surface area contributed by atoms with Crippen molar-refractivity contribution in [3.05, 3.63) is 34.9 Å². The minimum absolute atomic E-state index is 0.276. The Morgan fingerprint density at radius 2 is 1.92 bits per heavy atom. The van der Waals surface area contributed by atoms with E-state index in [1.165, 1.54) is 6.07 Å². The van der Waals surface area contributed by atoms with Crippen LogP contribution >= 0.6 is 11.6 Å². The van der Waals surface area contributed by atoms with Gasteiger partial charge >= 0.3 is 0 Å². The topological polar surface area (TPSA) is 92.3 Å². The van der Waals surface area contributed by atoms with E-state index in [0.29, 0.717) is 17.9 Å². The first-order valence-electron chi connectivity index (χ1n) is 7.67. The molecule has 2 saturated carbocycles. The predicted molar refractivity (Wildman–Crippen MR) is 86.0 cm³/mol. The third kappa shape index (κ3) is 2.09. The third-order valence-corrected chi connectivity index (χ3v) is 5.71. The fourth-order valence-corrected chi connectivity index (χ4v) is 4.20. The average Bonchev–Trinajstić information content (AvgIpc) is 2.88. The second-order valence-electron chi connectivity index (χ2n) is 6.83. The Morgan fingerprint density at radius 1 is 1.21 bits per heavy atom. The second kappa shape index (κ2) is 5.41. The van der Waals surface area contributed by atoms with Crippen LogP contribution in [0.25, 0.3) is 0 Å². The Hall–Kier alpha value is -2.21. The summed E-state index contributed by atoms with van der Waals surface area (Å²) in [6.45, 7) is 3.51. The zero-order valence-electron chi connectivity index (χ0n) is 13.3. The first kappa shape index (κ1) is 16.6. The van der Waals surface area contributed by atoms with Crippen LogP contribution in [-0.4, -0.2) is 23.4 Å². The summed E-state index contributed by atoms with van der Waals surface area (Å²) in [6, 6.07) is 6.24. The van der Waals surface area contributed by atoms with Crippen molar-refractivity contribution in [2.45, 2.75) is 26.7 Å². The standard InChI is InChI=1S/C17H17ClN2O4/c1-16(2)11-6-7-17(16,13(22)12(11)21)15(24)20-19-14(23)9-4-3-5-10(18)8-9/h3-5,8,11H,6-7H2,1-2H3,(H,19,23)(H,20,24). The number of halogens is 1. The van der Waals surface area contributed by atoms with E-state index in [9.17, 15) is 19.2 Å². The maximum absolute atomic E-state index is 12.7. The molecule has 0 aromatic heterocycles. The highest BCUT2D eigenvalue weighted by molar-refractivity contribution is 6.47. The van der Waals surface area contributed by atoms with Crippen LogP contribution in [0.1, 0.15) is 37.0 Å². The molecule has 2 aliphatic carbocycles. The predicted octanol–water partition coefficient (Wildman–Crippen LogP) is 1.68. The summed E-state index contributed by atoms with van der Waals surface area (Å²) in [5.41, 5.74) is 2.72. The number of benzene rings is 1. The van der Waals surface area contributed by atoms with Gasteiger partial charge in [0, 0.05) is 16.5 Å². The molecular weight excluding hydrogens is 332 g/mol. The van der Waals surface area contributed by atoms with Gasteiger partial charge in [0.1, 0.15) is 5.41 Å². The van der Waals surface area contributed by atoms with Crippen molar-refractivity contribution >= 4 is 35.0 Å². The van der Waals surface area contributed by atoms with Crippen molar-refractivity contribution in [1.29, 1.82) is 0 Å². The lowest BCUT2D eigenvalue weighted by atomic mass is 9.68. The van der Waals surface area contributed by atoms with Gasteiger partial charge in [-0.05, 0) is 36.5 Å². The lowest BCUT2D eigenvalue weighted by Gasteiger charge is -2.33. The van der Waals surface area contributed by atoms with Crippen molar-refractivity contribution in [2.24, 2.45) is 16.7 Å². The highest BCUT2D eigenvalue weighted by atomic mass is 35.5. The van der Waals surface area contributed by atoms with E-state index in [4.69, 9.17) is 11.6 Å². The number of amides is 2. The molecule has 0 aliphatic heterocycles. The Morgan fingerprint density at radius 3 is 2.50 bits per heavy atom. The van der Waals surface area contributed by atoms with Crippen LogP contribution in [0.15, 0.2) is 24.3 Å². The van der Waals surface area contributed by atoms with Gasteiger partial charge < -0.3 is 0 Å². The number of hydrogen-bond acceptors (Lipinski definition) is 4. The normalized spacial score (nSPS) is 27.2. The van der Waals surface area contributed by atoms with Crippen LogP contribution in [0, 0.1) is 16.7 Å². The molecule has 2 fully saturated rings. The average molecular weight is 349 g/mol. The summed E-state index contributed by atoms with van der Waals surface area (Å²) >= 11 is 5.83. The summed E-state index contributed by atoms with van der Waals surface area (Å²) in [7, 11) is 0. The lowest BCUT2D eigenvalue weighted by molar-refractivity contribution is -0.149. The molecule has 1 aromatic carbocycles. The summed E-state index contributed by atoms with van der Waals surface area (Å²) < 4.78 is 0. The van der Waals surface area contributed by atoms with Gasteiger partial charge in [-0.25, -0.2) is 0 Å². The first-order valence-corrected chi connectivity index (χ1v) is 8.04. The molecule has 0 heterocycles. The van der Waals surface area contributed by atoms with Gasteiger partial charge in [0.25, 0.3) is 11.8 Å². The van der Waals surface area contributed by atoms with Crippen molar-refractivity contribution in [3.63, 3.8) is 0 Å². The Kier molecular flexibility index (Phi) is 3.75. The van der Waals surface area contributed by atoms with E-state index in [0.717, 1.165) is 0 Å². The zero-order valence-corrected chi connectivity index (χ0v) is 14.1. The van der Waals surface area contributed by atoms with Crippen molar-refractivity contribution in [3.8, 4) is 0 Å². The maximum Gasteiger partial charge on any atom is 0.269 e. The molecule has 2 amide bonds. The number of fused-ring (bicyclic) bond motifs is 2. The van der Waals surface area contributed by atoms with Gasteiger partial charge in [-0.2, -0.15) is 0 Å². The van der Waals surface area contributed by atoms with Gasteiger partial charge in [-0.3, -0.25) is 30.0 Å². The van der Waals surface area contributed by atoms with Gasteiger partial charge in [-0.15, -0.1) is 0 Å². The van der Waals surface area contributed by atoms with Crippen LogP contribution < -0.4 is 10.9 Å². The smallest absolute Gasteiger partial charge is 0.269 e. The van der Waals surface area contributed by atoms with Gasteiger partial charge in [0.15, 0.2) is 0 Å². The second-order valence-corrected chi connectivity index (χ2v) is 7.27. The van der Waals surface area contributed by atoms with E-state index >= 15 is 0 Å². The number of hydrazine groups is 1. The van der Waals surface area contributed by atoms with Crippen molar-refractivity contribution < 1.29 is 19.2 Å². The van der Waals surface area contributed by atoms with Gasteiger partial charge in [0.05, 0.1) is 0 Å². The monoisotopic (exact) mass is 348 g/mol. The quantitative estimate of drug-likeness (QED) is 0.483. The molecule has 126 valence electrons. The summed E-state index contributed by atoms with van der Waals surface area (Å²) in [5, 5.41) is 0.393. The van der Waals surface area contributed by atoms with E-state index < -0.39 is 40.1 Å². The molecule has 1 aromatic rings. The highest BCUT2D eigenvalue weighted by Gasteiger charge is 2.72. The van der Waals surface area contributed by atoms with E-state index in [2.05, 4.69) is 10.9 Å². The number of rotatable bonds is 2. The molecule has 2 bridgehead atoms. The number of ketones is 2. The molecule has 2 N–H and O–H groups in total. The Balaban J connectivity index is 1.77. The number of nitrogens with one attached hydrogen (secondary N) is 2. The van der Waals surface area contributed by atoms with E-state index in [-0.39, 0.29) is 5.56 Å². The summed E-state index contributed by atoms with van der Waals surface area (Å²) in [4.78, 5) is 49.2. The minimum Gasteiger partial charge on any atom is -0.291 e. The molecule has 3 rings (SSSR count). The van der Waals surface area contributed by atoms with E-state index in [1.54, 1.807) is 32.0 Å². The van der Waals surface area contributed by atoms with Crippen molar-refractivity contribution in [1.82, 2.24) is 10.9 Å². The van der Waals surface area contributed by atoms with Crippen LogP contribution in [0.5, 0.6) is 0 Å². The first-order chi connectivity index (χ1) is 11.2. The molecule has 0 spiro atoms. The van der Waals surface area contributed by atoms with Crippen LogP contribution in [0.3, 0.4) is 0 Å². The minimum atomic E-state index is -1.41. The van der Waals surface area contributed by atoms with Crippen LogP contribution in [-0.2, 0) is 14.4 Å². The molecule has 24 heavy (non-hydrogen) atoms. The number of Topliss-reactive ketones (excluding diaryl/α,β-unsaturated/α-hetero) is 2. The zero-order chi connectivity index (χ0) is 17.7. The molecule has 7 heteroatoms. The fraction of sp³-hybridized carbons (Fsp3) is 0.412. The third-order valence-electron chi connectivity index (χ3n) is 5.47. The SMILES string of the molecule is CC1(C)C2CCC1(C(=O)NNC(=O)c1cccc(Cl)c1)C(=O)C2=O. The lowest BCUT2D eigenvalue weighted by Crippen LogP contribution is -2.55. The summed E-state index contributed by atoms with van der Waals surface area (Å²) in [5.74, 6) is -2.76. The molecular formula is C17H17ClN2O4. The van der Waals surface area contributed by atoms with Crippen LogP contribution in [0.4, 0.5) is 0 Å². The molecule has 0 saturated heterocycles.